The van der Waals surface area contributed by atoms with Gasteiger partial charge < -0.3 is 15.2 Å². The lowest BCUT2D eigenvalue weighted by Gasteiger charge is -2.29. The molecule has 1 aromatic heterocycles. The molecule has 1 aromatic carbocycles. The Morgan fingerprint density at radius 3 is 2.70 bits per heavy atom. The Morgan fingerprint density at radius 1 is 1.20 bits per heavy atom. The molecule has 0 saturated heterocycles. The van der Waals surface area contributed by atoms with Crippen LogP contribution in [0.15, 0.2) is 29.4 Å². The fraction of sp³-hybridized carbons (Fsp3) is 0.524. The molecule has 1 fully saturated rings. The number of thioether (sulfide) groups is 1. The van der Waals surface area contributed by atoms with Crippen molar-refractivity contribution in [1.29, 1.82) is 0 Å². The van der Waals surface area contributed by atoms with Crippen molar-refractivity contribution in [3.05, 3.63) is 35.9 Å². The average molecular weight is 434 g/mol. The Labute approximate surface area is 180 Å². The highest BCUT2D eigenvalue weighted by molar-refractivity contribution is 7.99. The fourth-order valence-corrected chi connectivity index (χ4v) is 4.52. The lowest BCUT2D eigenvalue weighted by molar-refractivity contribution is -0.120. The summed E-state index contributed by atoms with van der Waals surface area (Å²) in [6.45, 7) is 4.68. The molecule has 1 aliphatic carbocycles. The van der Waals surface area contributed by atoms with Crippen molar-refractivity contribution in [3.8, 4) is 0 Å². The lowest BCUT2D eigenvalue weighted by Crippen LogP contribution is -2.41. The third-order valence-corrected chi connectivity index (χ3v) is 6.33. The number of para-hydroxylation sites is 1. The van der Waals surface area contributed by atoms with E-state index in [-0.39, 0.29) is 35.7 Å². The largest absolute Gasteiger partial charge is 0.352 e. The average Bonchev–Trinajstić information content (AvgIpc) is 3.11. The number of halogens is 1. The SMILES string of the molecule is CCn1c(CC(=O)Nc2ccccc2F)nnc1SCC(=O)N[C@H]1CCCC[C@@H]1C. The number of nitrogens with one attached hydrogen (secondary N) is 2. The molecule has 0 bridgehead atoms. The van der Waals surface area contributed by atoms with E-state index in [2.05, 4.69) is 27.8 Å². The van der Waals surface area contributed by atoms with Gasteiger partial charge in [-0.2, -0.15) is 0 Å². The summed E-state index contributed by atoms with van der Waals surface area (Å²) >= 11 is 1.31. The molecule has 1 saturated carbocycles. The number of nitrogens with zero attached hydrogens (tertiary/aromatic N) is 3. The van der Waals surface area contributed by atoms with E-state index in [1.54, 1.807) is 12.1 Å². The van der Waals surface area contributed by atoms with Crippen LogP contribution < -0.4 is 10.6 Å². The third-order valence-electron chi connectivity index (χ3n) is 5.37. The van der Waals surface area contributed by atoms with Crippen molar-refractivity contribution >= 4 is 29.3 Å². The number of anilines is 1. The van der Waals surface area contributed by atoms with Crippen LogP contribution in [-0.2, 0) is 22.6 Å². The number of hydrogen-bond acceptors (Lipinski definition) is 5. The van der Waals surface area contributed by atoms with Gasteiger partial charge in [0.25, 0.3) is 0 Å². The van der Waals surface area contributed by atoms with E-state index < -0.39 is 5.82 Å². The van der Waals surface area contributed by atoms with Crippen LogP contribution in [0.4, 0.5) is 10.1 Å². The first kappa shape index (κ1) is 22.3. The number of carbonyl (C=O) groups excluding carboxylic acids is 2. The molecule has 3 rings (SSSR count). The minimum atomic E-state index is -0.489. The highest BCUT2D eigenvalue weighted by Crippen LogP contribution is 2.24. The quantitative estimate of drug-likeness (QED) is 0.623. The van der Waals surface area contributed by atoms with Gasteiger partial charge in [0.05, 0.1) is 17.9 Å². The molecule has 0 aliphatic heterocycles. The van der Waals surface area contributed by atoms with Gasteiger partial charge in [-0.1, -0.05) is 43.7 Å². The molecule has 1 aliphatic rings. The minimum absolute atomic E-state index is 0.0109. The van der Waals surface area contributed by atoms with Crippen molar-refractivity contribution in [1.82, 2.24) is 20.1 Å². The molecule has 0 radical (unpaired) electrons. The lowest BCUT2D eigenvalue weighted by atomic mass is 9.86. The molecular weight excluding hydrogens is 405 g/mol. The molecule has 7 nitrogen and oxygen atoms in total. The molecule has 9 heteroatoms. The standard InChI is InChI=1S/C21H28FN5O2S/c1-3-27-18(12-19(28)24-17-11-7-5-9-15(17)22)25-26-21(27)30-13-20(29)23-16-10-6-4-8-14(16)2/h5,7,9,11,14,16H,3-4,6,8,10,12-13H2,1-2H3,(H,23,29)(H,24,28)/t14-,16-/m0/s1. The van der Waals surface area contributed by atoms with Crippen molar-refractivity contribution in [2.45, 2.75) is 63.7 Å². The molecule has 2 N–H and O–H groups in total. The molecule has 2 aromatic rings. The van der Waals surface area contributed by atoms with E-state index >= 15 is 0 Å². The molecule has 2 amide bonds. The predicted octanol–water partition coefficient (Wildman–Crippen LogP) is 3.41. The van der Waals surface area contributed by atoms with Crippen molar-refractivity contribution in [2.75, 3.05) is 11.1 Å². The van der Waals surface area contributed by atoms with Crippen LogP contribution in [0.1, 0.15) is 45.4 Å². The number of hydrogen-bond donors (Lipinski definition) is 2. The summed E-state index contributed by atoms with van der Waals surface area (Å²) in [7, 11) is 0. The number of aromatic nitrogens is 3. The zero-order chi connectivity index (χ0) is 21.5. The van der Waals surface area contributed by atoms with Crippen LogP contribution >= 0.6 is 11.8 Å². The zero-order valence-electron chi connectivity index (χ0n) is 17.4. The highest BCUT2D eigenvalue weighted by Gasteiger charge is 2.23. The number of rotatable bonds is 8. The van der Waals surface area contributed by atoms with E-state index in [1.807, 2.05) is 11.5 Å². The number of benzene rings is 1. The topological polar surface area (TPSA) is 88.9 Å². The summed E-state index contributed by atoms with van der Waals surface area (Å²) in [6, 6.07) is 6.26. The van der Waals surface area contributed by atoms with Crippen molar-refractivity contribution < 1.29 is 14.0 Å². The van der Waals surface area contributed by atoms with Crippen LogP contribution in [0.3, 0.4) is 0 Å². The summed E-state index contributed by atoms with van der Waals surface area (Å²) in [6.07, 6.45) is 4.55. The van der Waals surface area contributed by atoms with Crippen LogP contribution in [0.2, 0.25) is 0 Å². The monoisotopic (exact) mass is 433 g/mol. The first-order chi connectivity index (χ1) is 14.5. The van der Waals surface area contributed by atoms with Crippen LogP contribution in [-0.4, -0.2) is 38.4 Å². The maximum atomic E-state index is 13.7. The third kappa shape index (κ3) is 5.81. The predicted molar refractivity (Wildman–Crippen MR) is 115 cm³/mol. The molecule has 1 heterocycles. The molecule has 30 heavy (non-hydrogen) atoms. The minimum Gasteiger partial charge on any atom is -0.352 e. The van der Waals surface area contributed by atoms with Gasteiger partial charge >= 0.3 is 0 Å². The maximum absolute atomic E-state index is 13.7. The smallest absolute Gasteiger partial charge is 0.232 e. The Balaban J connectivity index is 1.55. The second kappa shape index (κ2) is 10.6. The van der Waals surface area contributed by atoms with Gasteiger partial charge in [0.1, 0.15) is 11.6 Å². The molecule has 0 spiro atoms. The summed E-state index contributed by atoms with van der Waals surface area (Å²) in [5.41, 5.74) is 0.133. The van der Waals surface area contributed by atoms with Gasteiger partial charge in [0.15, 0.2) is 5.16 Å². The van der Waals surface area contributed by atoms with Crippen LogP contribution in [0, 0.1) is 11.7 Å². The second-order valence-electron chi connectivity index (χ2n) is 7.57. The molecule has 162 valence electrons. The molecule has 2 atom stereocenters. The van der Waals surface area contributed by atoms with Gasteiger partial charge in [-0.25, -0.2) is 4.39 Å². The van der Waals surface area contributed by atoms with Crippen molar-refractivity contribution in [2.24, 2.45) is 5.92 Å². The summed E-state index contributed by atoms with van der Waals surface area (Å²) < 4.78 is 15.5. The Kier molecular flexibility index (Phi) is 7.84. The van der Waals surface area contributed by atoms with Gasteiger partial charge in [0.2, 0.25) is 11.8 Å². The zero-order valence-corrected chi connectivity index (χ0v) is 18.2. The molecular formula is C21H28FN5O2S. The molecule has 0 unspecified atom stereocenters. The van der Waals surface area contributed by atoms with E-state index in [1.165, 1.54) is 30.3 Å². The first-order valence-electron chi connectivity index (χ1n) is 10.4. The van der Waals surface area contributed by atoms with E-state index in [0.29, 0.717) is 23.4 Å². The van der Waals surface area contributed by atoms with Gasteiger partial charge in [-0.05, 0) is 37.8 Å². The number of carbonyl (C=O) groups is 2. The maximum Gasteiger partial charge on any atom is 0.232 e. The van der Waals surface area contributed by atoms with Crippen LogP contribution in [0.25, 0.3) is 0 Å². The van der Waals surface area contributed by atoms with Gasteiger partial charge in [0, 0.05) is 12.6 Å². The summed E-state index contributed by atoms with van der Waals surface area (Å²) in [4.78, 5) is 24.7. The summed E-state index contributed by atoms with van der Waals surface area (Å²) in [5, 5.41) is 14.5. The van der Waals surface area contributed by atoms with E-state index in [4.69, 9.17) is 0 Å². The Hall–Kier alpha value is -2.42. The van der Waals surface area contributed by atoms with E-state index in [0.717, 1.165) is 19.3 Å². The van der Waals surface area contributed by atoms with Gasteiger partial charge in [-0.15, -0.1) is 10.2 Å². The Bertz CT molecular complexity index is 888. The van der Waals surface area contributed by atoms with Crippen molar-refractivity contribution in [3.63, 3.8) is 0 Å². The number of amides is 2. The Morgan fingerprint density at radius 2 is 1.97 bits per heavy atom. The van der Waals surface area contributed by atoms with E-state index in [9.17, 15) is 14.0 Å². The van der Waals surface area contributed by atoms with Crippen LogP contribution in [0.5, 0.6) is 0 Å². The second-order valence-corrected chi connectivity index (χ2v) is 8.51. The highest BCUT2D eigenvalue weighted by atomic mass is 32.2. The van der Waals surface area contributed by atoms with Gasteiger partial charge in [-0.3, -0.25) is 9.59 Å². The first-order valence-corrected chi connectivity index (χ1v) is 11.3. The normalized spacial score (nSPS) is 18.8. The fourth-order valence-electron chi connectivity index (χ4n) is 3.68. The summed E-state index contributed by atoms with van der Waals surface area (Å²) in [5.74, 6) is 0.369.